The molecule has 0 aliphatic carbocycles. The molecule has 0 aliphatic rings. The maximum Gasteiger partial charge on any atom is 0.343 e. The third-order valence-electron chi connectivity index (χ3n) is 5.66. The molecule has 0 saturated heterocycles. The van der Waals surface area contributed by atoms with Gasteiger partial charge in [-0.15, -0.1) is 0 Å². The van der Waals surface area contributed by atoms with Gasteiger partial charge in [-0.3, -0.25) is 9.59 Å². The highest BCUT2D eigenvalue weighted by molar-refractivity contribution is 6.31. The third kappa shape index (κ3) is 5.51. The van der Waals surface area contributed by atoms with Gasteiger partial charge in [0.15, 0.2) is 23.1 Å². The van der Waals surface area contributed by atoms with E-state index >= 15 is 0 Å². The fraction of sp³-hybridized carbons (Fsp3) is 0.0667. The molecule has 0 atom stereocenters. The summed E-state index contributed by atoms with van der Waals surface area (Å²) in [4.78, 5) is 53.7. The molecule has 0 heterocycles. The van der Waals surface area contributed by atoms with E-state index in [1.165, 1.54) is 55.5 Å². The second-order valence-corrected chi connectivity index (χ2v) is 8.60. The van der Waals surface area contributed by atoms with Crippen LogP contribution in [-0.4, -0.2) is 40.3 Å². The van der Waals surface area contributed by atoms with E-state index < -0.39 is 57.4 Å². The number of rotatable bonds is 8. The molecule has 4 rings (SSSR count). The number of phenolic OH excluding ortho intramolecular Hbond substituents is 2. The molecular weight excluding hydrogens is 524 g/mol. The molecule has 8 nitrogen and oxygen atoms in total. The first-order chi connectivity index (χ1) is 18.7. The molecule has 0 bridgehead atoms. The first kappa shape index (κ1) is 27.1. The molecule has 0 aromatic heterocycles. The predicted molar refractivity (Wildman–Crippen MR) is 142 cm³/mol. The van der Waals surface area contributed by atoms with E-state index in [1.807, 2.05) is 0 Å². The van der Waals surface area contributed by atoms with E-state index in [9.17, 15) is 29.4 Å². The molecule has 0 aliphatic heterocycles. The Bertz CT molecular complexity index is 1580. The maximum atomic E-state index is 13.9. The zero-order valence-corrected chi connectivity index (χ0v) is 21.3. The molecule has 196 valence electrons. The molecule has 0 amide bonds. The van der Waals surface area contributed by atoms with Crippen LogP contribution in [0.4, 0.5) is 0 Å². The molecule has 0 spiro atoms. The molecule has 0 fully saturated rings. The summed E-state index contributed by atoms with van der Waals surface area (Å²) >= 11 is 6.08. The van der Waals surface area contributed by atoms with Gasteiger partial charge in [0.25, 0.3) is 0 Å². The molecule has 0 radical (unpaired) electrons. The van der Waals surface area contributed by atoms with Gasteiger partial charge in [-0.05, 0) is 31.2 Å². The van der Waals surface area contributed by atoms with Crippen LogP contribution in [0.2, 0.25) is 5.02 Å². The van der Waals surface area contributed by atoms with Crippen LogP contribution in [0.15, 0.2) is 84.9 Å². The highest BCUT2D eigenvalue weighted by Crippen LogP contribution is 2.46. The Morgan fingerprint density at radius 2 is 1.23 bits per heavy atom. The number of esters is 2. The summed E-state index contributed by atoms with van der Waals surface area (Å²) in [6.07, 6.45) is 0. The van der Waals surface area contributed by atoms with Crippen LogP contribution < -0.4 is 4.74 Å². The number of hydrogen-bond donors (Lipinski definition) is 2. The first-order valence-corrected chi connectivity index (χ1v) is 12.1. The van der Waals surface area contributed by atoms with Gasteiger partial charge in [0.2, 0.25) is 5.75 Å². The minimum Gasteiger partial charge on any atom is -0.504 e. The van der Waals surface area contributed by atoms with Crippen molar-refractivity contribution >= 4 is 35.1 Å². The fourth-order valence-electron chi connectivity index (χ4n) is 3.88. The van der Waals surface area contributed by atoms with Gasteiger partial charge in [0.1, 0.15) is 0 Å². The van der Waals surface area contributed by atoms with Crippen molar-refractivity contribution in [2.24, 2.45) is 0 Å². The minimum atomic E-state index is -1.16. The Morgan fingerprint density at radius 3 is 1.82 bits per heavy atom. The van der Waals surface area contributed by atoms with Gasteiger partial charge in [0, 0.05) is 16.1 Å². The van der Waals surface area contributed by atoms with Crippen molar-refractivity contribution in [3.63, 3.8) is 0 Å². The van der Waals surface area contributed by atoms with Crippen LogP contribution in [0.3, 0.4) is 0 Å². The summed E-state index contributed by atoms with van der Waals surface area (Å²) < 4.78 is 10.5. The SMILES string of the molecule is CCOC(=O)c1c(C(=O)c2ccccc2)c(O)c(O)c(OC(=O)c2ccccc2)c1C(=O)c1cccc(Cl)c1. The fourth-order valence-corrected chi connectivity index (χ4v) is 4.07. The van der Waals surface area contributed by atoms with Gasteiger partial charge in [-0.25, -0.2) is 9.59 Å². The molecule has 4 aromatic rings. The lowest BCUT2D eigenvalue weighted by Crippen LogP contribution is -2.21. The average molecular weight is 545 g/mol. The third-order valence-corrected chi connectivity index (χ3v) is 5.90. The molecule has 0 unspecified atom stereocenters. The summed E-state index contributed by atoms with van der Waals surface area (Å²) in [6.45, 7) is 1.36. The largest absolute Gasteiger partial charge is 0.504 e. The van der Waals surface area contributed by atoms with Crippen molar-refractivity contribution in [3.05, 3.63) is 123 Å². The van der Waals surface area contributed by atoms with Crippen LogP contribution in [-0.2, 0) is 4.74 Å². The van der Waals surface area contributed by atoms with E-state index in [1.54, 1.807) is 36.4 Å². The van der Waals surface area contributed by atoms with Gasteiger partial charge in [-0.2, -0.15) is 0 Å². The standard InChI is InChI=1S/C30H21ClO8/c1-2-38-30(37)21-22(24(32)17-10-5-3-6-11-17)26(34)27(35)28(39-29(36)18-12-7-4-8-13-18)23(21)25(33)19-14-9-15-20(31)16-19/h3-16,34-35H,2H2,1H3. The number of carbonyl (C=O) groups is 4. The van der Waals surface area contributed by atoms with E-state index in [0.717, 1.165) is 0 Å². The van der Waals surface area contributed by atoms with Crippen molar-refractivity contribution in [1.82, 2.24) is 0 Å². The second kappa shape index (κ2) is 11.6. The van der Waals surface area contributed by atoms with E-state index in [-0.39, 0.29) is 28.3 Å². The number of halogens is 1. The number of phenols is 2. The lowest BCUT2D eigenvalue weighted by Gasteiger charge is -2.19. The molecule has 9 heteroatoms. The number of carbonyl (C=O) groups excluding carboxylic acids is 4. The second-order valence-electron chi connectivity index (χ2n) is 8.16. The summed E-state index contributed by atoms with van der Waals surface area (Å²) in [5, 5.41) is 22.2. The lowest BCUT2D eigenvalue weighted by molar-refractivity contribution is 0.0517. The summed E-state index contributed by atoms with van der Waals surface area (Å²) in [7, 11) is 0. The quantitative estimate of drug-likeness (QED) is 0.127. The van der Waals surface area contributed by atoms with Crippen molar-refractivity contribution in [3.8, 4) is 17.2 Å². The molecule has 39 heavy (non-hydrogen) atoms. The van der Waals surface area contributed by atoms with Crippen LogP contribution in [0.1, 0.15) is 59.5 Å². The smallest absolute Gasteiger partial charge is 0.343 e. The van der Waals surface area contributed by atoms with Crippen molar-refractivity contribution < 1.29 is 38.9 Å². The number of aromatic hydroxyl groups is 2. The van der Waals surface area contributed by atoms with Crippen molar-refractivity contribution in [1.29, 1.82) is 0 Å². The topological polar surface area (TPSA) is 127 Å². The first-order valence-electron chi connectivity index (χ1n) is 11.7. The predicted octanol–water partition coefficient (Wildman–Crippen LogP) is 5.61. The Kier molecular flexibility index (Phi) is 8.07. The van der Waals surface area contributed by atoms with Gasteiger partial charge < -0.3 is 19.7 Å². The van der Waals surface area contributed by atoms with E-state index in [2.05, 4.69) is 0 Å². The Hall–Kier alpha value is -4.95. The summed E-state index contributed by atoms with van der Waals surface area (Å²) in [5.74, 6) is -6.93. The van der Waals surface area contributed by atoms with E-state index in [4.69, 9.17) is 21.1 Å². The molecule has 4 aromatic carbocycles. The average Bonchev–Trinajstić information content (AvgIpc) is 2.95. The highest BCUT2D eigenvalue weighted by Gasteiger charge is 2.37. The lowest BCUT2D eigenvalue weighted by atomic mass is 9.88. The zero-order valence-electron chi connectivity index (χ0n) is 20.5. The van der Waals surface area contributed by atoms with Gasteiger partial charge >= 0.3 is 11.9 Å². The molecule has 0 saturated carbocycles. The number of hydrogen-bond acceptors (Lipinski definition) is 8. The Morgan fingerprint density at radius 1 is 0.667 bits per heavy atom. The molecular formula is C30H21ClO8. The Labute approximate surface area is 228 Å². The maximum absolute atomic E-state index is 13.9. The number of ketones is 2. The van der Waals surface area contributed by atoms with Crippen molar-refractivity contribution in [2.45, 2.75) is 6.92 Å². The Balaban J connectivity index is 2.06. The number of ether oxygens (including phenoxy) is 2. The molecule has 2 N–H and O–H groups in total. The monoisotopic (exact) mass is 544 g/mol. The highest BCUT2D eigenvalue weighted by atomic mass is 35.5. The van der Waals surface area contributed by atoms with Crippen LogP contribution in [0.5, 0.6) is 17.2 Å². The van der Waals surface area contributed by atoms with Gasteiger partial charge in [0.05, 0.1) is 28.9 Å². The van der Waals surface area contributed by atoms with Gasteiger partial charge in [-0.1, -0.05) is 72.3 Å². The van der Waals surface area contributed by atoms with E-state index in [0.29, 0.717) is 0 Å². The zero-order chi connectivity index (χ0) is 28.1. The minimum absolute atomic E-state index is 0.0479. The number of benzene rings is 4. The summed E-state index contributed by atoms with van der Waals surface area (Å²) in [5.41, 5.74) is -1.97. The summed E-state index contributed by atoms with van der Waals surface area (Å²) in [6, 6.07) is 20.9. The normalized spacial score (nSPS) is 10.5. The van der Waals surface area contributed by atoms with Crippen LogP contribution in [0.25, 0.3) is 0 Å². The van der Waals surface area contributed by atoms with Crippen LogP contribution >= 0.6 is 11.6 Å². The van der Waals surface area contributed by atoms with Crippen LogP contribution in [0, 0.1) is 0 Å². The van der Waals surface area contributed by atoms with Crippen molar-refractivity contribution in [2.75, 3.05) is 6.61 Å².